The summed E-state index contributed by atoms with van der Waals surface area (Å²) in [6.07, 6.45) is 0. The van der Waals surface area contributed by atoms with E-state index in [9.17, 15) is 4.79 Å². The van der Waals surface area contributed by atoms with E-state index in [4.69, 9.17) is 39.6 Å². The molecule has 0 fully saturated rings. The Kier molecular flexibility index (Phi) is 27.1. The summed E-state index contributed by atoms with van der Waals surface area (Å²) in [6, 6.07) is 19.8. The number of amides is 1. The van der Waals surface area contributed by atoms with Gasteiger partial charge in [-0.1, -0.05) is 60.7 Å². The van der Waals surface area contributed by atoms with E-state index in [1.54, 1.807) is 19.0 Å². The Hall–Kier alpha value is -4.47. The molecule has 200 valence electrons. The molecule has 0 atom stereocenters. The molecule has 0 aliphatic heterocycles. The summed E-state index contributed by atoms with van der Waals surface area (Å²) in [5, 5.41) is 29.7. The third-order valence-corrected chi connectivity index (χ3v) is 2.95. The van der Waals surface area contributed by atoms with Gasteiger partial charge < -0.3 is 25.3 Å². The molecule has 1 amide bonds. The van der Waals surface area contributed by atoms with Gasteiger partial charge in [0.25, 0.3) is 23.9 Å². The normalized spacial score (nSPS) is 8.08. The fourth-order valence-electron chi connectivity index (χ4n) is 2.03. The van der Waals surface area contributed by atoms with Gasteiger partial charge in [-0.25, -0.2) is 0 Å². The van der Waals surface area contributed by atoms with Crippen LogP contribution in [0.25, 0.3) is 0 Å². The number of carboxylic acid groups (broad SMARTS) is 4. The lowest BCUT2D eigenvalue weighted by molar-refractivity contribution is -0.135. The first-order valence-electron chi connectivity index (χ1n) is 10.2. The molecule has 10 nitrogen and oxygen atoms in total. The highest BCUT2D eigenvalue weighted by molar-refractivity contribution is 5.86. The van der Waals surface area contributed by atoms with E-state index in [0.29, 0.717) is 0 Å². The van der Waals surface area contributed by atoms with E-state index >= 15 is 0 Å². The average molecular weight is 508 g/mol. The summed E-state index contributed by atoms with van der Waals surface area (Å²) in [5.74, 6) is -3.45. The van der Waals surface area contributed by atoms with Gasteiger partial charge in [-0.15, -0.1) is 13.2 Å². The minimum atomic E-state index is -0.833. The van der Waals surface area contributed by atoms with Crippen molar-refractivity contribution in [3.63, 3.8) is 0 Å². The number of likely N-dealkylation sites (N-methyl/N-ethyl adjacent to an activating group) is 1. The Bertz CT molecular complexity index is 779. The van der Waals surface area contributed by atoms with Gasteiger partial charge in [0.05, 0.1) is 5.92 Å². The van der Waals surface area contributed by atoms with Crippen molar-refractivity contribution in [3.8, 4) is 0 Å². The number of benzene rings is 2. The molecule has 10 heteroatoms. The Balaban J connectivity index is -0.000000234. The lowest BCUT2D eigenvalue weighted by Gasteiger charge is -2.21. The Morgan fingerprint density at radius 3 is 0.944 bits per heavy atom. The van der Waals surface area contributed by atoms with Gasteiger partial charge in [0.1, 0.15) is 0 Å². The van der Waals surface area contributed by atoms with Gasteiger partial charge in [-0.05, 0) is 11.1 Å². The fourth-order valence-corrected chi connectivity index (χ4v) is 2.03. The number of aliphatic carboxylic acids is 4. The van der Waals surface area contributed by atoms with Crippen LogP contribution in [0, 0.1) is 0 Å². The van der Waals surface area contributed by atoms with Crippen LogP contribution >= 0.6 is 0 Å². The van der Waals surface area contributed by atoms with Crippen molar-refractivity contribution < 1.29 is 44.4 Å². The number of nitrogens with zero attached hydrogens (tertiary/aromatic N) is 1. The highest BCUT2D eigenvalue weighted by atomic mass is 16.4. The second-order valence-corrected chi connectivity index (χ2v) is 6.56. The summed E-state index contributed by atoms with van der Waals surface area (Å²) >= 11 is 0. The molecule has 0 bridgehead atoms. The third kappa shape index (κ3) is 31.7. The van der Waals surface area contributed by atoms with Crippen LogP contribution in [0.2, 0.25) is 0 Å². The molecule has 0 saturated carbocycles. The van der Waals surface area contributed by atoms with Crippen LogP contribution in [0.5, 0.6) is 0 Å². The molecule has 0 heterocycles. The first-order valence-corrected chi connectivity index (χ1v) is 10.2. The summed E-state index contributed by atoms with van der Waals surface area (Å²) in [7, 11) is 3.59. The number of rotatable bonds is 3. The zero-order valence-electron chi connectivity index (χ0n) is 21.5. The Morgan fingerprint density at radius 1 is 0.583 bits per heavy atom. The SMILES string of the molecule is C=C.CC(=O)O.CC(=O)O.CC(=O)O.CC(=O)O.CN(C)C(=O)C(c1ccccc1)c1ccccc1. The van der Waals surface area contributed by atoms with Gasteiger partial charge in [0.2, 0.25) is 5.91 Å². The lowest BCUT2D eigenvalue weighted by Crippen LogP contribution is -2.28. The standard InChI is InChI=1S/C16H17NO.4C2H4O2.C2H4/c1-17(2)16(18)15(13-9-5-3-6-10-13)14-11-7-4-8-12-14;4*1-2(3)4;1-2/h3-12,15H,1-2H3;4*1H3,(H,3,4);1-2H2. The van der Waals surface area contributed by atoms with E-state index in [2.05, 4.69) is 13.2 Å². The molecule has 2 rings (SSSR count). The maximum atomic E-state index is 12.4. The number of carbonyl (C=O) groups excluding carboxylic acids is 1. The smallest absolute Gasteiger partial charge is 0.300 e. The zero-order chi connectivity index (χ0) is 29.3. The quantitative estimate of drug-likeness (QED) is 0.447. The van der Waals surface area contributed by atoms with Crippen LogP contribution in [0.4, 0.5) is 0 Å². The first kappa shape index (κ1) is 38.8. The van der Waals surface area contributed by atoms with Crippen molar-refractivity contribution in [2.24, 2.45) is 0 Å². The molecule has 4 N–H and O–H groups in total. The van der Waals surface area contributed by atoms with Crippen molar-refractivity contribution in [1.29, 1.82) is 0 Å². The van der Waals surface area contributed by atoms with Crippen molar-refractivity contribution in [2.75, 3.05) is 14.1 Å². The van der Waals surface area contributed by atoms with Crippen LogP contribution in [-0.2, 0) is 24.0 Å². The second-order valence-electron chi connectivity index (χ2n) is 6.56. The molecule has 2 aromatic rings. The maximum absolute atomic E-state index is 12.4. The van der Waals surface area contributed by atoms with Crippen LogP contribution < -0.4 is 0 Å². The van der Waals surface area contributed by atoms with Crippen molar-refractivity contribution in [3.05, 3.63) is 84.9 Å². The highest BCUT2D eigenvalue weighted by Crippen LogP contribution is 2.25. The lowest BCUT2D eigenvalue weighted by atomic mass is 9.90. The molecule has 0 aliphatic rings. The van der Waals surface area contributed by atoms with Crippen LogP contribution in [0.1, 0.15) is 44.7 Å². The van der Waals surface area contributed by atoms with Crippen LogP contribution in [-0.4, -0.2) is 69.2 Å². The largest absolute Gasteiger partial charge is 0.481 e. The number of hydrogen-bond acceptors (Lipinski definition) is 5. The topological polar surface area (TPSA) is 170 Å². The van der Waals surface area contributed by atoms with Crippen molar-refractivity contribution in [2.45, 2.75) is 33.6 Å². The number of carbonyl (C=O) groups is 5. The molecular weight excluding hydrogens is 470 g/mol. The molecule has 2 aromatic carbocycles. The van der Waals surface area contributed by atoms with E-state index < -0.39 is 23.9 Å². The number of carboxylic acids is 4. The fraction of sp³-hybridized carbons (Fsp3) is 0.269. The van der Waals surface area contributed by atoms with Gasteiger partial charge in [-0.3, -0.25) is 24.0 Å². The van der Waals surface area contributed by atoms with Gasteiger partial charge >= 0.3 is 0 Å². The zero-order valence-corrected chi connectivity index (χ0v) is 21.5. The van der Waals surface area contributed by atoms with Gasteiger partial charge in [0, 0.05) is 41.8 Å². The number of hydrogen-bond donors (Lipinski definition) is 4. The molecule has 0 saturated heterocycles. The molecule has 0 spiro atoms. The minimum Gasteiger partial charge on any atom is -0.481 e. The minimum absolute atomic E-state index is 0.104. The van der Waals surface area contributed by atoms with Gasteiger partial charge in [0.15, 0.2) is 0 Å². The van der Waals surface area contributed by atoms with E-state index in [1.165, 1.54) is 0 Å². The van der Waals surface area contributed by atoms with E-state index in [0.717, 1.165) is 38.8 Å². The first-order chi connectivity index (χ1) is 16.6. The predicted molar refractivity (Wildman–Crippen MR) is 138 cm³/mol. The molecule has 0 aromatic heterocycles. The molecule has 0 unspecified atom stereocenters. The Morgan fingerprint density at radius 2 is 0.778 bits per heavy atom. The van der Waals surface area contributed by atoms with Crippen LogP contribution in [0.15, 0.2) is 73.8 Å². The highest BCUT2D eigenvalue weighted by Gasteiger charge is 2.23. The molecular formula is C26H37NO9. The van der Waals surface area contributed by atoms with Crippen molar-refractivity contribution in [1.82, 2.24) is 4.90 Å². The summed E-state index contributed by atoms with van der Waals surface area (Å²) < 4.78 is 0. The van der Waals surface area contributed by atoms with Crippen molar-refractivity contribution >= 4 is 29.8 Å². The Labute approximate surface area is 212 Å². The summed E-state index contributed by atoms with van der Waals surface area (Å²) in [4.78, 5) is 50.0. The van der Waals surface area contributed by atoms with Gasteiger partial charge in [-0.2, -0.15) is 0 Å². The summed E-state index contributed by atoms with van der Waals surface area (Å²) in [6.45, 7) is 10.3. The third-order valence-electron chi connectivity index (χ3n) is 2.95. The predicted octanol–water partition coefficient (Wildman–Crippen LogP) is 4.07. The van der Waals surface area contributed by atoms with E-state index in [-0.39, 0.29) is 11.8 Å². The molecule has 0 aliphatic carbocycles. The second kappa shape index (κ2) is 25.2. The average Bonchev–Trinajstić information content (AvgIpc) is 2.75. The van der Waals surface area contributed by atoms with E-state index in [1.807, 2.05) is 60.7 Å². The molecule has 36 heavy (non-hydrogen) atoms. The maximum Gasteiger partial charge on any atom is 0.300 e. The molecule has 0 radical (unpaired) electrons. The monoisotopic (exact) mass is 507 g/mol. The van der Waals surface area contributed by atoms with Crippen LogP contribution in [0.3, 0.4) is 0 Å². The summed E-state index contributed by atoms with van der Waals surface area (Å²) in [5.41, 5.74) is 2.06.